The molecule has 0 spiro atoms. The SMILES string of the molecule is COCCNCc1ccc(-n2cc(I)cn2)cc1Br. The number of ether oxygens (including phenoxy) is 1. The molecule has 0 bridgehead atoms. The van der Waals surface area contributed by atoms with Gasteiger partial charge in [0, 0.05) is 30.9 Å². The maximum atomic E-state index is 5.00. The minimum atomic E-state index is 0.724. The second-order valence-corrected chi connectivity index (χ2v) is 6.15. The monoisotopic (exact) mass is 435 g/mol. The summed E-state index contributed by atoms with van der Waals surface area (Å²) in [4.78, 5) is 0. The minimum absolute atomic E-state index is 0.724. The van der Waals surface area contributed by atoms with Crippen molar-refractivity contribution in [1.29, 1.82) is 0 Å². The first-order chi connectivity index (χ1) is 9.20. The first kappa shape index (κ1) is 15.0. The molecule has 102 valence electrons. The fourth-order valence-electron chi connectivity index (χ4n) is 1.66. The Hall–Kier alpha value is -0.440. The molecule has 19 heavy (non-hydrogen) atoms. The van der Waals surface area contributed by atoms with Gasteiger partial charge in [-0.3, -0.25) is 0 Å². The van der Waals surface area contributed by atoms with Gasteiger partial charge in [-0.1, -0.05) is 22.0 Å². The number of hydrogen-bond donors (Lipinski definition) is 1. The summed E-state index contributed by atoms with van der Waals surface area (Å²) in [5, 5.41) is 7.63. The molecule has 2 rings (SSSR count). The lowest BCUT2D eigenvalue weighted by molar-refractivity contribution is 0.199. The maximum absolute atomic E-state index is 5.00. The first-order valence-corrected chi connectivity index (χ1v) is 7.76. The van der Waals surface area contributed by atoms with Gasteiger partial charge in [0.15, 0.2) is 0 Å². The van der Waals surface area contributed by atoms with Gasteiger partial charge in [0.25, 0.3) is 0 Å². The van der Waals surface area contributed by atoms with Crippen molar-refractivity contribution in [3.8, 4) is 5.69 Å². The van der Waals surface area contributed by atoms with Crippen LogP contribution in [0, 0.1) is 3.57 Å². The molecule has 4 nitrogen and oxygen atoms in total. The summed E-state index contributed by atoms with van der Waals surface area (Å²) in [6.07, 6.45) is 3.84. The third kappa shape index (κ3) is 4.27. The van der Waals surface area contributed by atoms with E-state index in [1.54, 1.807) is 7.11 Å². The van der Waals surface area contributed by atoms with Crippen molar-refractivity contribution in [2.45, 2.75) is 6.54 Å². The molecule has 0 saturated heterocycles. The maximum Gasteiger partial charge on any atom is 0.0657 e. The van der Waals surface area contributed by atoms with E-state index in [9.17, 15) is 0 Å². The van der Waals surface area contributed by atoms with Gasteiger partial charge in [-0.05, 0) is 40.3 Å². The summed E-state index contributed by atoms with van der Waals surface area (Å²) in [5.74, 6) is 0. The van der Waals surface area contributed by atoms with Gasteiger partial charge in [-0.2, -0.15) is 5.10 Å². The van der Waals surface area contributed by atoms with Crippen LogP contribution in [0.4, 0.5) is 0 Å². The van der Waals surface area contributed by atoms with E-state index in [1.165, 1.54) is 5.56 Å². The number of hydrogen-bond acceptors (Lipinski definition) is 3. The zero-order chi connectivity index (χ0) is 13.7. The molecular formula is C13H15BrIN3O. The van der Waals surface area contributed by atoms with E-state index < -0.39 is 0 Å². The number of aromatic nitrogens is 2. The van der Waals surface area contributed by atoms with Crippen LogP contribution in [0.1, 0.15) is 5.56 Å². The third-order valence-corrected chi connectivity index (χ3v) is 3.95. The Morgan fingerprint density at radius 1 is 1.47 bits per heavy atom. The molecule has 1 heterocycles. The molecule has 0 radical (unpaired) electrons. The van der Waals surface area contributed by atoms with Crippen molar-refractivity contribution in [3.05, 3.63) is 44.2 Å². The van der Waals surface area contributed by atoms with Gasteiger partial charge in [0.2, 0.25) is 0 Å². The lowest BCUT2D eigenvalue weighted by Crippen LogP contribution is -2.18. The second-order valence-electron chi connectivity index (χ2n) is 4.05. The van der Waals surface area contributed by atoms with Gasteiger partial charge in [-0.15, -0.1) is 0 Å². The van der Waals surface area contributed by atoms with Crippen LogP contribution in [-0.4, -0.2) is 30.0 Å². The average molecular weight is 436 g/mol. The van der Waals surface area contributed by atoms with Crippen molar-refractivity contribution in [3.63, 3.8) is 0 Å². The van der Waals surface area contributed by atoms with Crippen molar-refractivity contribution < 1.29 is 4.74 Å². The summed E-state index contributed by atoms with van der Waals surface area (Å²) in [7, 11) is 1.71. The van der Waals surface area contributed by atoms with E-state index in [2.05, 4.69) is 67.1 Å². The Labute approximate surface area is 134 Å². The average Bonchev–Trinajstić information content (AvgIpc) is 2.83. The molecule has 1 aromatic heterocycles. The van der Waals surface area contributed by atoms with Crippen molar-refractivity contribution in [1.82, 2.24) is 15.1 Å². The topological polar surface area (TPSA) is 39.1 Å². The molecular weight excluding hydrogens is 421 g/mol. The molecule has 0 unspecified atom stereocenters. The van der Waals surface area contributed by atoms with Crippen LogP contribution in [0.5, 0.6) is 0 Å². The zero-order valence-electron chi connectivity index (χ0n) is 10.6. The largest absolute Gasteiger partial charge is 0.383 e. The highest BCUT2D eigenvalue weighted by Crippen LogP contribution is 2.21. The molecule has 0 aliphatic heterocycles. The highest BCUT2D eigenvalue weighted by Gasteiger charge is 2.04. The number of nitrogens with one attached hydrogen (secondary N) is 1. The number of halogens is 2. The van der Waals surface area contributed by atoms with Gasteiger partial charge in [0.05, 0.1) is 22.1 Å². The summed E-state index contributed by atoms with van der Waals surface area (Å²) in [5.41, 5.74) is 2.28. The molecule has 0 atom stereocenters. The van der Waals surface area contributed by atoms with Crippen LogP contribution in [0.2, 0.25) is 0 Å². The molecule has 1 N–H and O–H groups in total. The van der Waals surface area contributed by atoms with Crippen molar-refractivity contribution in [2.24, 2.45) is 0 Å². The Kier molecular flexibility index (Phi) is 5.80. The highest BCUT2D eigenvalue weighted by atomic mass is 127. The van der Waals surface area contributed by atoms with E-state index >= 15 is 0 Å². The van der Waals surface area contributed by atoms with Gasteiger partial charge < -0.3 is 10.1 Å². The molecule has 0 fully saturated rings. The van der Waals surface area contributed by atoms with Crippen molar-refractivity contribution >= 4 is 38.5 Å². The molecule has 0 aliphatic carbocycles. The van der Waals surface area contributed by atoms with Gasteiger partial charge >= 0.3 is 0 Å². The fraction of sp³-hybridized carbons (Fsp3) is 0.308. The molecule has 1 aromatic carbocycles. The molecule has 0 aliphatic rings. The molecule has 0 saturated carbocycles. The third-order valence-electron chi connectivity index (χ3n) is 2.65. The van der Waals surface area contributed by atoms with E-state index in [0.717, 1.165) is 33.4 Å². The Balaban J connectivity index is 2.04. The minimum Gasteiger partial charge on any atom is -0.383 e. The summed E-state index contributed by atoms with van der Waals surface area (Å²) < 4.78 is 9.08. The lowest BCUT2D eigenvalue weighted by Gasteiger charge is -2.09. The van der Waals surface area contributed by atoms with Crippen LogP contribution in [0.15, 0.2) is 35.1 Å². The van der Waals surface area contributed by atoms with Gasteiger partial charge in [0.1, 0.15) is 0 Å². The van der Waals surface area contributed by atoms with Crippen molar-refractivity contribution in [2.75, 3.05) is 20.3 Å². The zero-order valence-corrected chi connectivity index (χ0v) is 14.3. The highest BCUT2D eigenvalue weighted by molar-refractivity contribution is 14.1. The summed E-state index contributed by atoms with van der Waals surface area (Å²) >= 11 is 5.86. The predicted octanol–water partition coefficient (Wildman–Crippen LogP) is 2.98. The Morgan fingerprint density at radius 2 is 2.32 bits per heavy atom. The van der Waals surface area contributed by atoms with Crippen LogP contribution in [0.25, 0.3) is 5.69 Å². The van der Waals surface area contributed by atoms with Crippen LogP contribution >= 0.6 is 38.5 Å². The summed E-state index contributed by atoms with van der Waals surface area (Å²) in [6, 6.07) is 6.26. The van der Waals surface area contributed by atoms with Crippen LogP contribution < -0.4 is 5.32 Å². The fourth-order valence-corrected chi connectivity index (χ4v) is 2.56. The number of benzene rings is 1. The second kappa shape index (κ2) is 7.37. The quantitative estimate of drug-likeness (QED) is 0.560. The predicted molar refractivity (Wildman–Crippen MR) is 87.6 cm³/mol. The molecule has 0 amide bonds. The number of nitrogens with zero attached hydrogens (tertiary/aromatic N) is 2. The summed E-state index contributed by atoms with van der Waals surface area (Å²) in [6.45, 7) is 2.39. The lowest BCUT2D eigenvalue weighted by atomic mass is 10.2. The Bertz CT molecular complexity index is 544. The first-order valence-electron chi connectivity index (χ1n) is 5.89. The van der Waals surface area contributed by atoms with Crippen LogP contribution in [0.3, 0.4) is 0 Å². The molecule has 2 aromatic rings. The van der Waals surface area contributed by atoms with Gasteiger partial charge in [-0.25, -0.2) is 4.68 Å². The number of rotatable bonds is 6. The normalized spacial score (nSPS) is 10.9. The van der Waals surface area contributed by atoms with E-state index in [-0.39, 0.29) is 0 Å². The van der Waals surface area contributed by atoms with E-state index in [4.69, 9.17) is 4.74 Å². The van der Waals surface area contributed by atoms with E-state index in [0.29, 0.717) is 0 Å². The van der Waals surface area contributed by atoms with Crippen LogP contribution in [-0.2, 0) is 11.3 Å². The number of methoxy groups -OCH3 is 1. The Morgan fingerprint density at radius 3 is 2.95 bits per heavy atom. The standard InChI is InChI=1S/C13H15BrIN3O/c1-19-5-4-16-7-10-2-3-12(6-13(10)14)18-9-11(15)8-17-18/h2-3,6,8-9,16H,4-5,7H2,1H3. The molecule has 6 heteroatoms. The smallest absolute Gasteiger partial charge is 0.0657 e. The van der Waals surface area contributed by atoms with E-state index in [1.807, 2.05) is 17.1 Å².